The van der Waals surface area contributed by atoms with E-state index in [0.717, 1.165) is 38.0 Å². The molecule has 35 heavy (non-hydrogen) atoms. The zero-order chi connectivity index (χ0) is 24.3. The number of rotatable bonds is 4. The Morgan fingerprint density at radius 2 is 2.14 bits per heavy atom. The molecule has 6 rings (SSSR count). The van der Waals surface area contributed by atoms with Crippen molar-refractivity contribution in [1.29, 1.82) is 0 Å². The number of nitrogens with two attached hydrogens (primary N) is 1. The van der Waals surface area contributed by atoms with Gasteiger partial charge in [-0.05, 0) is 37.8 Å². The van der Waals surface area contributed by atoms with E-state index in [0.29, 0.717) is 25.1 Å². The van der Waals surface area contributed by atoms with Gasteiger partial charge in [0.25, 0.3) is 0 Å². The van der Waals surface area contributed by atoms with Gasteiger partial charge in [-0.1, -0.05) is 6.07 Å². The van der Waals surface area contributed by atoms with Crippen LogP contribution in [0.15, 0.2) is 35.4 Å². The number of hydrogen-bond acceptors (Lipinski definition) is 7. The van der Waals surface area contributed by atoms with Crippen LogP contribution < -0.4 is 26.1 Å². The number of aromatic carboxylic acids is 1. The lowest BCUT2D eigenvalue weighted by atomic mass is 9.74. The van der Waals surface area contributed by atoms with Crippen LogP contribution in [-0.2, 0) is 5.54 Å². The molecule has 4 N–H and O–H groups in total. The maximum Gasteiger partial charge on any atom is 0.341 e. The average Bonchev–Trinajstić information content (AvgIpc) is 3.22. The van der Waals surface area contributed by atoms with Gasteiger partial charge in [0.15, 0.2) is 11.6 Å². The second kappa shape index (κ2) is 7.86. The molecule has 1 atom stereocenters. The minimum atomic E-state index is -1.36. The molecule has 9 nitrogen and oxygen atoms in total. The topological polar surface area (TPSA) is 123 Å². The van der Waals surface area contributed by atoms with Crippen LogP contribution in [0.3, 0.4) is 0 Å². The first-order valence-corrected chi connectivity index (χ1v) is 11.9. The van der Waals surface area contributed by atoms with Gasteiger partial charge in [0, 0.05) is 43.5 Å². The van der Waals surface area contributed by atoms with E-state index in [9.17, 15) is 14.7 Å². The Morgan fingerprint density at radius 1 is 1.31 bits per heavy atom. The average molecular weight is 480 g/mol. The fourth-order valence-electron chi connectivity index (χ4n) is 5.72. The quantitative estimate of drug-likeness (QED) is 0.488. The molecular formula is C25H26FN5O4. The van der Waals surface area contributed by atoms with Gasteiger partial charge >= 0.3 is 5.97 Å². The minimum Gasteiger partial charge on any atom is -0.489 e. The summed E-state index contributed by atoms with van der Waals surface area (Å²) in [5, 5.41) is 12.8. The lowest BCUT2D eigenvalue weighted by Crippen LogP contribution is -2.42. The van der Waals surface area contributed by atoms with Crippen molar-refractivity contribution in [2.24, 2.45) is 0 Å². The zero-order valence-electron chi connectivity index (χ0n) is 19.1. The molecule has 1 saturated carbocycles. The molecular weight excluding hydrogens is 453 g/mol. The SMILES string of the molecule is Nc1c(F)c(NC2CCN(c3ccccn3)C2)c2c3c1c(=O)c(C(=O)O)cn3C1(CCC1)CCO2. The van der Waals surface area contributed by atoms with Gasteiger partial charge in [0.05, 0.1) is 23.2 Å². The summed E-state index contributed by atoms with van der Waals surface area (Å²) in [6.45, 7) is 1.70. The molecule has 1 aromatic carbocycles. The van der Waals surface area contributed by atoms with Crippen molar-refractivity contribution in [3.05, 3.63) is 52.2 Å². The van der Waals surface area contributed by atoms with Gasteiger partial charge in [0.2, 0.25) is 5.43 Å². The molecule has 182 valence electrons. The molecule has 3 aliphatic rings. The fourth-order valence-corrected chi connectivity index (χ4v) is 5.72. The van der Waals surface area contributed by atoms with E-state index in [4.69, 9.17) is 10.5 Å². The Hall–Kier alpha value is -3.82. The third-order valence-electron chi connectivity index (χ3n) is 7.72. The molecule has 1 saturated heterocycles. The highest BCUT2D eigenvalue weighted by Crippen LogP contribution is 2.50. The molecule has 0 radical (unpaired) electrons. The maximum atomic E-state index is 15.8. The summed E-state index contributed by atoms with van der Waals surface area (Å²) >= 11 is 0. The minimum absolute atomic E-state index is 0.0948. The van der Waals surface area contributed by atoms with Crippen LogP contribution in [0.1, 0.15) is 42.5 Å². The number of fused-ring (bicyclic) bond motifs is 1. The third kappa shape index (κ3) is 3.23. The Bertz CT molecular complexity index is 1400. The molecule has 4 heterocycles. The predicted octanol–water partition coefficient (Wildman–Crippen LogP) is 3.17. The molecule has 2 aromatic heterocycles. The van der Waals surface area contributed by atoms with Crippen LogP contribution in [0.5, 0.6) is 5.75 Å². The molecule has 0 amide bonds. The van der Waals surface area contributed by atoms with Crippen molar-refractivity contribution in [1.82, 2.24) is 9.55 Å². The van der Waals surface area contributed by atoms with Crippen LogP contribution in [0, 0.1) is 5.82 Å². The smallest absolute Gasteiger partial charge is 0.341 e. The molecule has 2 aliphatic heterocycles. The number of nitrogen functional groups attached to an aromatic ring is 1. The van der Waals surface area contributed by atoms with Gasteiger partial charge in [-0.3, -0.25) is 4.79 Å². The number of ether oxygens (including phenoxy) is 1. The van der Waals surface area contributed by atoms with E-state index in [2.05, 4.69) is 15.2 Å². The van der Waals surface area contributed by atoms with E-state index >= 15 is 4.39 Å². The first-order valence-electron chi connectivity index (χ1n) is 11.9. The van der Waals surface area contributed by atoms with Crippen LogP contribution in [0.4, 0.5) is 21.6 Å². The summed E-state index contributed by atoms with van der Waals surface area (Å²) in [7, 11) is 0. The van der Waals surface area contributed by atoms with E-state index in [1.54, 1.807) is 6.20 Å². The van der Waals surface area contributed by atoms with Crippen LogP contribution in [-0.4, -0.2) is 46.4 Å². The molecule has 1 aliphatic carbocycles. The Kier molecular flexibility index (Phi) is 4.87. The van der Waals surface area contributed by atoms with Crippen LogP contribution in [0.25, 0.3) is 10.9 Å². The number of anilines is 3. The molecule has 1 unspecified atom stereocenters. The largest absolute Gasteiger partial charge is 0.489 e. The van der Waals surface area contributed by atoms with E-state index in [-0.39, 0.29) is 34.1 Å². The summed E-state index contributed by atoms with van der Waals surface area (Å²) in [5.74, 6) is -1.07. The van der Waals surface area contributed by atoms with Gasteiger partial charge in [-0.25, -0.2) is 14.2 Å². The first-order chi connectivity index (χ1) is 16.9. The van der Waals surface area contributed by atoms with Crippen LogP contribution >= 0.6 is 0 Å². The number of nitrogens with zero attached hydrogens (tertiary/aromatic N) is 3. The number of carbonyl (C=O) groups is 1. The molecule has 2 fully saturated rings. The summed E-state index contributed by atoms with van der Waals surface area (Å²) in [4.78, 5) is 31.5. The van der Waals surface area contributed by atoms with Crippen molar-refractivity contribution in [2.75, 3.05) is 35.6 Å². The third-order valence-corrected chi connectivity index (χ3v) is 7.72. The fraction of sp³-hybridized carbons (Fsp3) is 0.400. The number of pyridine rings is 2. The number of halogens is 1. The lowest BCUT2D eigenvalue weighted by Gasteiger charge is -2.44. The summed E-state index contributed by atoms with van der Waals surface area (Å²) in [5.41, 5.74) is 4.76. The molecule has 0 bridgehead atoms. The summed E-state index contributed by atoms with van der Waals surface area (Å²) in [6, 6.07) is 5.63. The number of carboxylic acids is 1. The van der Waals surface area contributed by atoms with Gasteiger partial charge in [-0.15, -0.1) is 0 Å². The second-order valence-corrected chi connectivity index (χ2v) is 9.64. The molecule has 3 aromatic rings. The normalized spacial score (nSPS) is 20.4. The monoisotopic (exact) mass is 479 g/mol. The van der Waals surface area contributed by atoms with Crippen molar-refractivity contribution >= 4 is 34.1 Å². The van der Waals surface area contributed by atoms with E-state index in [1.807, 2.05) is 22.8 Å². The summed E-state index contributed by atoms with van der Waals surface area (Å²) in [6.07, 6.45) is 7.16. The van der Waals surface area contributed by atoms with E-state index in [1.165, 1.54) is 6.20 Å². The Morgan fingerprint density at radius 3 is 2.83 bits per heavy atom. The highest BCUT2D eigenvalue weighted by atomic mass is 19.1. The maximum absolute atomic E-state index is 15.8. The molecule has 1 spiro atoms. The number of aromatic nitrogens is 2. The van der Waals surface area contributed by atoms with Crippen molar-refractivity contribution in [2.45, 2.75) is 43.7 Å². The van der Waals surface area contributed by atoms with Crippen LogP contribution in [0.2, 0.25) is 0 Å². The number of hydrogen-bond donors (Lipinski definition) is 3. The highest BCUT2D eigenvalue weighted by Gasteiger charge is 2.43. The number of carboxylic acid groups (broad SMARTS) is 1. The van der Waals surface area contributed by atoms with Gasteiger partial charge < -0.3 is 30.4 Å². The van der Waals surface area contributed by atoms with Gasteiger partial charge in [-0.2, -0.15) is 0 Å². The van der Waals surface area contributed by atoms with Crippen molar-refractivity contribution in [3.8, 4) is 5.75 Å². The zero-order valence-corrected chi connectivity index (χ0v) is 19.1. The second-order valence-electron chi connectivity index (χ2n) is 9.64. The number of nitrogens with one attached hydrogen (secondary N) is 1. The van der Waals surface area contributed by atoms with Crippen molar-refractivity contribution in [3.63, 3.8) is 0 Å². The standard InChI is InChI=1S/C25H26FN5O4/c26-18-19(27)17-21-23(20(18)29-14-5-10-30(12-14)16-4-1-2-9-28-16)35-11-8-25(6-3-7-25)31(21)13-15(22(17)32)24(33)34/h1-2,4,9,13-14,29H,3,5-8,10-12,27H2,(H,33,34). The highest BCUT2D eigenvalue weighted by molar-refractivity contribution is 6.03. The number of benzene rings is 1. The Labute approximate surface area is 200 Å². The molecule has 10 heteroatoms. The van der Waals surface area contributed by atoms with Crippen molar-refractivity contribution < 1.29 is 19.0 Å². The summed E-state index contributed by atoms with van der Waals surface area (Å²) < 4.78 is 23.7. The Balaban J connectivity index is 1.49. The lowest BCUT2D eigenvalue weighted by molar-refractivity contribution is 0.0691. The van der Waals surface area contributed by atoms with Gasteiger partial charge in [0.1, 0.15) is 17.1 Å². The predicted molar refractivity (Wildman–Crippen MR) is 130 cm³/mol. The van der Waals surface area contributed by atoms with E-state index < -0.39 is 22.8 Å². The first kappa shape index (κ1) is 21.7.